The number of amides is 2. The van der Waals surface area contributed by atoms with Crippen LogP contribution < -0.4 is 15.0 Å². The van der Waals surface area contributed by atoms with Crippen LogP contribution in [0.15, 0.2) is 41.3 Å². The van der Waals surface area contributed by atoms with Gasteiger partial charge in [-0.2, -0.15) is 4.98 Å². The van der Waals surface area contributed by atoms with Gasteiger partial charge in [-0.05, 0) is 94.1 Å². The van der Waals surface area contributed by atoms with Crippen LogP contribution in [0.4, 0.5) is 0 Å². The number of nitrogens with zero attached hydrogens (tertiary/aromatic N) is 3. The van der Waals surface area contributed by atoms with Crippen LogP contribution >= 0.6 is 0 Å². The number of hydrogen-bond donors (Lipinski definition) is 1. The maximum Gasteiger partial charge on any atom is 0.306 e. The molecule has 0 unspecified atom stereocenters. The molecule has 302 valence electrons. The van der Waals surface area contributed by atoms with Gasteiger partial charge in [0.15, 0.2) is 5.78 Å². The molecule has 2 aromatic heterocycles. The lowest BCUT2D eigenvalue weighted by atomic mass is 9.86. The second kappa shape index (κ2) is 15.7. The van der Waals surface area contributed by atoms with Crippen LogP contribution in [0.2, 0.25) is 0 Å². The van der Waals surface area contributed by atoms with Crippen molar-refractivity contribution in [1.82, 2.24) is 19.0 Å². The third kappa shape index (κ3) is 7.78. The monoisotopic (exact) mass is 790 g/mol. The van der Waals surface area contributed by atoms with Gasteiger partial charge in [0, 0.05) is 25.5 Å². The molecule has 2 amide bonds. The number of pyridine rings is 1. The van der Waals surface area contributed by atoms with Gasteiger partial charge >= 0.3 is 5.97 Å². The zero-order chi connectivity index (χ0) is 39.2. The number of fused-ring (bicyclic) bond motifs is 5. The molecule has 6 aliphatic rings. The van der Waals surface area contributed by atoms with Gasteiger partial charge in [-0.25, -0.2) is 8.42 Å². The minimum Gasteiger partial charge on any atom is -0.472 e. The van der Waals surface area contributed by atoms with E-state index >= 15 is 0 Å². The highest BCUT2D eigenvalue weighted by Crippen LogP contribution is 2.58. The number of nitrogens with one attached hydrogen (secondary N) is 1. The van der Waals surface area contributed by atoms with Crippen molar-refractivity contribution in [3.05, 3.63) is 52.5 Å². The number of carbonyl (C=O) groups is 4. The van der Waals surface area contributed by atoms with Crippen molar-refractivity contribution in [2.45, 2.75) is 140 Å². The number of carbonyl (C=O) groups excluding carboxylic acids is 4. The molecule has 2 bridgehead atoms. The first kappa shape index (κ1) is 38.8. The van der Waals surface area contributed by atoms with Gasteiger partial charge in [-0.15, -0.1) is 0 Å². The van der Waals surface area contributed by atoms with Gasteiger partial charge in [0.2, 0.25) is 27.7 Å². The summed E-state index contributed by atoms with van der Waals surface area (Å²) in [4.78, 5) is 77.1. The topological polar surface area (TPSA) is 171 Å². The van der Waals surface area contributed by atoms with Crippen LogP contribution in [0.1, 0.15) is 115 Å². The molecule has 8 rings (SSSR count). The fourth-order valence-corrected chi connectivity index (χ4v) is 11.5. The largest absolute Gasteiger partial charge is 0.472 e. The summed E-state index contributed by atoms with van der Waals surface area (Å²) in [6.45, 7) is 1.94. The van der Waals surface area contributed by atoms with Crippen LogP contribution in [0.5, 0.6) is 5.88 Å². The number of hydrogen-bond acceptors (Lipinski definition) is 10. The summed E-state index contributed by atoms with van der Waals surface area (Å²) in [6.07, 6.45) is 14.5. The first-order valence-electron chi connectivity index (χ1n) is 20.9. The second-order valence-corrected chi connectivity index (χ2v) is 19.2. The molecular formula is C42H54N4O9S. The normalized spacial score (nSPS) is 32.1. The van der Waals surface area contributed by atoms with Crippen molar-refractivity contribution in [2.75, 3.05) is 6.54 Å². The van der Waals surface area contributed by atoms with E-state index in [0.717, 1.165) is 57.8 Å². The molecule has 4 aliphatic carbocycles. The summed E-state index contributed by atoms with van der Waals surface area (Å²) in [7, 11) is -3.83. The Labute approximate surface area is 328 Å². The number of aromatic nitrogens is 2. The fourth-order valence-electron chi connectivity index (χ4n) is 10.1. The lowest BCUT2D eigenvalue weighted by molar-refractivity contribution is -0.156. The van der Waals surface area contributed by atoms with E-state index in [1.807, 2.05) is 19.1 Å². The predicted molar refractivity (Wildman–Crippen MR) is 206 cm³/mol. The fraction of sp³-hybridized carbons (Fsp3) is 0.667. The number of sulfonamides is 1. The molecule has 2 aliphatic heterocycles. The smallest absolute Gasteiger partial charge is 0.306 e. The second-order valence-electron chi connectivity index (χ2n) is 17.2. The third-order valence-corrected chi connectivity index (χ3v) is 15.4. The van der Waals surface area contributed by atoms with Crippen molar-refractivity contribution in [3.8, 4) is 5.88 Å². The van der Waals surface area contributed by atoms with E-state index in [1.165, 1.54) is 9.30 Å². The Morgan fingerprint density at radius 1 is 0.964 bits per heavy atom. The molecule has 13 nitrogen and oxygen atoms in total. The molecule has 2 aromatic rings. The maximum atomic E-state index is 14.9. The lowest BCUT2D eigenvalue weighted by Gasteiger charge is -2.31. The number of ketones is 1. The Morgan fingerprint density at radius 2 is 1.75 bits per heavy atom. The van der Waals surface area contributed by atoms with Gasteiger partial charge in [0.25, 0.3) is 5.56 Å². The van der Waals surface area contributed by atoms with E-state index in [4.69, 9.17) is 14.5 Å². The van der Waals surface area contributed by atoms with Crippen molar-refractivity contribution in [2.24, 2.45) is 29.1 Å². The Kier molecular flexibility index (Phi) is 10.9. The zero-order valence-corrected chi connectivity index (χ0v) is 33.1. The highest BCUT2D eigenvalue weighted by Gasteiger charge is 2.62. The van der Waals surface area contributed by atoms with E-state index in [2.05, 4.69) is 4.72 Å². The summed E-state index contributed by atoms with van der Waals surface area (Å²) >= 11 is 0. The van der Waals surface area contributed by atoms with Crippen molar-refractivity contribution in [1.29, 1.82) is 0 Å². The maximum absolute atomic E-state index is 14.9. The van der Waals surface area contributed by atoms with Gasteiger partial charge in [0.05, 0.1) is 41.2 Å². The molecule has 0 radical (unpaired) electrons. The molecule has 0 aromatic carbocycles. The van der Waals surface area contributed by atoms with Crippen molar-refractivity contribution in [3.63, 3.8) is 0 Å². The first-order valence-corrected chi connectivity index (χ1v) is 22.4. The first-order chi connectivity index (χ1) is 27.0. The van der Waals surface area contributed by atoms with Crippen LogP contribution in [-0.4, -0.2) is 76.3 Å². The highest BCUT2D eigenvalue weighted by atomic mass is 32.2. The van der Waals surface area contributed by atoms with Crippen LogP contribution in [-0.2, 0) is 40.4 Å². The molecule has 56 heavy (non-hydrogen) atoms. The van der Waals surface area contributed by atoms with Gasteiger partial charge in [0.1, 0.15) is 17.9 Å². The number of rotatable bonds is 8. The van der Waals surface area contributed by atoms with E-state index < -0.39 is 44.7 Å². The standard InChI is InChI=1S/C42H54N4O9S/c1-2-28-23-42(28,41(51)44-56(52,53)30-18-19-30)24-34(47)33-21-29-25-46(33)40(50)32(26-11-6-7-12-26)22-37(48)55-35-16-10-14-27(35)13-4-3-5-15-31-38(54-29)43-36-17-8-9-20-45(36)39(31)49/h3,5,8-9,17,20,26-30,32-33,35H,2,4,6-7,10-16,18-19,21-25H2,1H3,(H,44,51)/b5-3+/t27-,28-,29-,32+,33+,35-,42-/m1/s1. The number of Topliss-reactive ketones (excluding diaryl/α,β-unsaturated/α-hetero) is 1. The third-order valence-electron chi connectivity index (χ3n) is 13.6. The van der Waals surface area contributed by atoms with Crippen LogP contribution in [0.25, 0.3) is 5.65 Å². The molecular weight excluding hydrogens is 737 g/mol. The number of esters is 1. The summed E-state index contributed by atoms with van der Waals surface area (Å²) in [6, 6.07) is 4.29. The molecule has 0 spiro atoms. The lowest BCUT2D eigenvalue weighted by Crippen LogP contribution is -2.47. The van der Waals surface area contributed by atoms with E-state index in [0.29, 0.717) is 36.9 Å². The van der Waals surface area contributed by atoms with Crippen molar-refractivity contribution < 1.29 is 37.1 Å². The Balaban J connectivity index is 1.14. The van der Waals surface area contributed by atoms with Crippen molar-refractivity contribution >= 4 is 39.2 Å². The quantitative estimate of drug-likeness (QED) is 0.289. The Hall–Kier alpha value is -4.07. The Bertz CT molecular complexity index is 2070. The van der Waals surface area contributed by atoms with Gasteiger partial charge < -0.3 is 14.4 Å². The minimum absolute atomic E-state index is 0.0236. The molecule has 14 heteroatoms. The predicted octanol–water partition coefficient (Wildman–Crippen LogP) is 4.83. The molecule has 5 fully saturated rings. The average molecular weight is 791 g/mol. The summed E-state index contributed by atoms with van der Waals surface area (Å²) in [5, 5.41) is -0.590. The van der Waals surface area contributed by atoms with E-state index in [1.54, 1.807) is 24.4 Å². The summed E-state index contributed by atoms with van der Waals surface area (Å²) < 4.78 is 42.1. The van der Waals surface area contributed by atoms with Crippen LogP contribution in [0, 0.1) is 29.1 Å². The molecule has 4 saturated carbocycles. The van der Waals surface area contributed by atoms with Gasteiger partial charge in [-0.1, -0.05) is 44.4 Å². The molecule has 7 atom stereocenters. The summed E-state index contributed by atoms with van der Waals surface area (Å²) in [5.41, 5.74) is -0.678. The number of allylic oxidation sites excluding steroid dienone is 2. The minimum atomic E-state index is -3.83. The summed E-state index contributed by atoms with van der Waals surface area (Å²) in [5.74, 6) is -2.25. The molecule has 1 N–H and O–H groups in total. The number of ether oxygens (including phenoxy) is 2. The van der Waals surface area contributed by atoms with Gasteiger partial charge in [-0.3, -0.25) is 33.1 Å². The molecule has 1 saturated heterocycles. The van der Waals surface area contributed by atoms with Crippen LogP contribution in [0.3, 0.4) is 0 Å². The zero-order valence-electron chi connectivity index (χ0n) is 32.2. The SMILES string of the molecule is CC[C@@H]1C[C@]1(CC(=O)[C@@H]1C[C@@H]2CN1C(=O)[C@H](C1CCCC1)CC(=O)O[C@@H]1CCC[C@H]1CC/C=C/Cc1c(nc3ccccn3c1=O)O2)C(=O)NS(=O)(=O)C1CC1. The highest BCUT2D eigenvalue weighted by molar-refractivity contribution is 7.90. The average Bonchev–Trinajstić information content (AvgIpc) is 3.96. The molecule has 4 heterocycles. The van der Waals surface area contributed by atoms with E-state index in [-0.39, 0.29) is 85.2 Å². The Morgan fingerprint density at radius 3 is 2.50 bits per heavy atom. The van der Waals surface area contributed by atoms with E-state index in [9.17, 15) is 32.4 Å².